The third-order valence-electron chi connectivity index (χ3n) is 1.46. The van der Waals surface area contributed by atoms with Gasteiger partial charge in [-0.15, -0.1) is 0 Å². The molecule has 0 radical (unpaired) electrons. The van der Waals surface area contributed by atoms with E-state index < -0.39 is 5.37 Å². The number of nitrogens with one attached hydrogen (secondary N) is 1. The Morgan fingerprint density at radius 3 is 1.91 bits per heavy atom. The van der Waals surface area contributed by atoms with Gasteiger partial charge in [-0.25, -0.2) is 0 Å². The van der Waals surface area contributed by atoms with E-state index in [1.54, 1.807) is 0 Å². The van der Waals surface area contributed by atoms with Crippen LogP contribution in [0.1, 0.15) is 25.7 Å². The van der Waals surface area contributed by atoms with Crippen molar-refractivity contribution in [3.05, 3.63) is 0 Å². The fraction of sp³-hybridized carbons (Fsp3) is 0.857. The second kappa shape index (κ2) is 7.82. The van der Waals surface area contributed by atoms with Crippen LogP contribution < -0.4 is 11.1 Å². The summed E-state index contributed by atoms with van der Waals surface area (Å²) in [5, 5.41) is 2.49. The highest BCUT2D eigenvalue weighted by atomic mass is 35.5. The van der Waals surface area contributed by atoms with Gasteiger partial charge in [0.2, 0.25) is 0 Å². The second-order valence-electron chi connectivity index (χ2n) is 2.47. The number of hydrogen-bond donors (Lipinski definition) is 2. The van der Waals surface area contributed by atoms with Crippen LogP contribution in [0, 0.1) is 0 Å². The minimum Gasteiger partial charge on any atom is -0.356 e. The van der Waals surface area contributed by atoms with Crippen LogP contribution in [0.3, 0.4) is 0 Å². The summed E-state index contributed by atoms with van der Waals surface area (Å²) >= 11 is 4.41. The van der Waals surface area contributed by atoms with Crippen LogP contribution >= 0.6 is 11.6 Å². The molecule has 1 amide bonds. The Hall–Kier alpha value is -0.280. The summed E-state index contributed by atoms with van der Waals surface area (Å²) in [7, 11) is 0. The van der Waals surface area contributed by atoms with Gasteiger partial charge >= 0.3 is 5.37 Å². The molecule has 1 fully saturated rings. The van der Waals surface area contributed by atoms with Crippen molar-refractivity contribution < 1.29 is 4.79 Å². The van der Waals surface area contributed by atoms with Crippen LogP contribution in [-0.2, 0) is 0 Å². The first kappa shape index (κ1) is 10.7. The highest BCUT2D eigenvalue weighted by molar-refractivity contribution is 6.62. The maximum absolute atomic E-state index is 8.99. The number of hydrogen-bond acceptors (Lipinski definition) is 2. The molecule has 0 aromatic carbocycles. The maximum Gasteiger partial charge on any atom is 0.311 e. The van der Waals surface area contributed by atoms with Crippen LogP contribution in [0.15, 0.2) is 0 Å². The standard InChI is InChI=1S/C6H13N.CH2ClNO/c1-2-4-6-7-5-3-1;2-1(3)4/h7H,1-6H2;(H2,3,4). The third kappa shape index (κ3) is 12.8. The van der Waals surface area contributed by atoms with E-state index in [1.807, 2.05) is 0 Å². The Morgan fingerprint density at radius 2 is 1.55 bits per heavy atom. The molecule has 3 N–H and O–H groups in total. The number of nitrogens with two attached hydrogens (primary N) is 1. The molecule has 0 bridgehead atoms. The first-order valence-electron chi connectivity index (χ1n) is 3.89. The number of amides is 1. The Labute approximate surface area is 72.3 Å². The lowest BCUT2D eigenvalue weighted by Crippen LogP contribution is -2.12. The van der Waals surface area contributed by atoms with Gasteiger partial charge in [-0.1, -0.05) is 12.8 Å². The molecule has 0 aromatic rings. The molecule has 11 heavy (non-hydrogen) atoms. The van der Waals surface area contributed by atoms with Crippen LogP contribution in [0.5, 0.6) is 0 Å². The Balaban J connectivity index is 0.000000218. The molecule has 0 aliphatic carbocycles. The largest absolute Gasteiger partial charge is 0.356 e. The van der Waals surface area contributed by atoms with E-state index in [9.17, 15) is 0 Å². The second-order valence-corrected chi connectivity index (χ2v) is 2.84. The lowest BCUT2D eigenvalue weighted by atomic mass is 10.2. The van der Waals surface area contributed by atoms with Gasteiger partial charge in [0.1, 0.15) is 0 Å². The normalized spacial score (nSPS) is 17.5. The molecule has 0 atom stereocenters. The Kier molecular flexibility index (Phi) is 7.62. The minimum atomic E-state index is -0.861. The summed E-state index contributed by atoms with van der Waals surface area (Å²) in [5.74, 6) is 0. The molecular weight excluding hydrogens is 164 g/mol. The van der Waals surface area contributed by atoms with Gasteiger partial charge in [-0.05, 0) is 37.5 Å². The summed E-state index contributed by atoms with van der Waals surface area (Å²) in [5.41, 5.74) is 4.24. The number of halogens is 1. The van der Waals surface area contributed by atoms with Gasteiger partial charge in [0, 0.05) is 0 Å². The quantitative estimate of drug-likeness (QED) is 0.436. The van der Waals surface area contributed by atoms with Crippen molar-refractivity contribution in [3.63, 3.8) is 0 Å². The molecule has 1 rings (SSSR count). The molecule has 1 aliphatic heterocycles. The van der Waals surface area contributed by atoms with Crippen LogP contribution in [0.25, 0.3) is 0 Å². The van der Waals surface area contributed by atoms with E-state index in [2.05, 4.69) is 22.7 Å². The van der Waals surface area contributed by atoms with Crippen molar-refractivity contribution >= 4 is 17.0 Å². The molecule has 0 aromatic heterocycles. The van der Waals surface area contributed by atoms with Crippen molar-refractivity contribution in [2.45, 2.75) is 25.7 Å². The molecule has 1 heterocycles. The third-order valence-corrected chi connectivity index (χ3v) is 1.46. The monoisotopic (exact) mass is 178 g/mol. The molecule has 4 heteroatoms. The summed E-state index contributed by atoms with van der Waals surface area (Å²) < 4.78 is 0. The first-order chi connectivity index (χ1) is 5.23. The van der Waals surface area contributed by atoms with Crippen molar-refractivity contribution in [1.82, 2.24) is 5.32 Å². The lowest BCUT2D eigenvalue weighted by Gasteiger charge is -1.91. The van der Waals surface area contributed by atoms with E-state index in [1.165, 1.54) is 38.8 Å². The number of primary amides is 1. The average Bonchev–Trinajstić information content (AvgIpc) is 2.13. The number of rotatable bonds is 0. The topological polar surface area (TPSA) is 55.1 Å². The van der Waals surface area contributed by atoms with E-state index in [0.717, 1.165) is 0 Å². The van der Waals surface area contributed by atoms with Crippen molar-refractivity contribution in [3.8, 4) is 0 Å². The number of carbonyl (C=O) groups is 1. The predicted octanol–water partition coefficient (Wildman–Crippen LogP) is 1.45. The minimum absolute atomic E-state index is 0.861. The van der Waals surface area contributed by atoms with Crippen molar-refractivity contribution in [2.75, 3.05) is 13.1 Å². The van der Waals surface area contributed by atoms with Crippen LogP contribution in [0.2, 0.25) is 0 Å². The molecule has 1 aliphatic rings. The maximum atomic E-state index is 8.99. The summed E-state index contributed by atoms with van der Waals surface area (Å²) in [6.45, 7) is 2.50. The first-order valence-corrected chi connectivity index (χ1v) is 4.27. The Morgan fingerprint density at radius 1 is 1.18 bits per heavy atom. The zero-order valence-corrected chi connectivity index (χ0v) is 7.36. The van der Waals surface area contributed by atoms with Gasteiger partial charge in [0.25, 0.3) is 0 Å². The molecular formula is C7H15ClN2O. The average molecular weight is 179 g/mol. The zero-order valence-electron chi connectivity index (χ0n) is 6.61. The summed E-state index contributed by atoms with van der Waals surface area (Å²) in [6, 6.07) is 0. The van der Waals surface area contributed by atoms with Crippen LogP contribution in [0.4, 0.5) is 4.79 Å². The van der Waals surface area contributed by atoms with Gasteiger partial charge in [0.15, 0.2) is 0 Å². The molecule has 0 saturated carbocycles. The predicted molar refractivity (Wildman–Crippen MR) is 46.8 cm³/mol. The molecule has 0 unspecified atom stereocenters. The fourth-order valence-corrected chi connectivity index (χ4v) is 0.979. The summed E-state index contributed by atoms with van der Waals surface area (Å²) in [4.78, 5) is 8.99. The zero-order chi connectivity index (χ0) is 8.53. The molecule has 66 valence electrons. The van der Waals surface area contributed by atoms with Crippen molar-refractivity contribution in [1.29, 1.82) is 0 Å². The molecule has 3 nitrogen and oxygen atoms in total. The van der Waals surface area contributed by atoms with E-state index in [0.29, 0.717) is 0 Å². The fourth-order valence-electron chi connectivity index (χ4n) is 0.979. The highest BCUT2D eigenvalue weighted by Crippen LogP contribution is 2.00. The van der Waals surface area contributed by atoms with E-state index in [4.69, 9.17) is 4.79 Å². The smallest absolute Gasteiger partial charge is 0.311 e. The van der Waals surface area contributed by atoms with Gasteiger partial charge in [-0.3, -0.25) is 4.79 Å². The Bertz CT molecular complexity index is 85.0. The molecule has 1 saturated heterocycles. The molecule has 0 spiro atoms. The van der Waals surface area contributed by atoms with E-state index >= 15 is 0 Å². The van der Waals surface area contributed by atoms with Crippen LogP contribution in [-0.4, -0.2) is 18.5 Å². The van der Waals surface area contributed by atoms with Crippen molar-refractivity contribution in [2.24, 2.45) is 5.73 Å². The van der Waals surface area contributed by atoms with Gasteiger partial charge in [0.05, 0.1) is 0 Å². The van der Waals surface area contributed by atoms with E-state index in [-0.39, 0.29) is 0 Å². The van der Waals surface area contributed by atoms with Gasteiger partial charge < -0.3 is 11.1 Å². The van der Waals surface area contributed by atoms with Gasteiger partial charge in [-0.2, -0.15) is 0 Å². The highest BCUT2D eigenvalue weighted by Gasteiger charge is 1.94. The lowest BCUT2D eigenvalue weighted by molar-refractivity contribution is 0.266. The SMILES string of the molecule is C1CCCNCC1.NC(=O)Cl. The number of carbonyl (C=O) groups excluding carboxylic acids is 1. The summed E-state index contributed by atoms with van der Waals surface area (Å²) in [6.07, 6.45) is 5.65.